The lowest BCUT2D eigenvalue weighted by Gasteiger charge is -1.95. The number of hydrogen-bond acceptors (Lipinski definition) is 6. The minimum Gasteiger partial charge on any atom is -0.438 e. The average Bonchev–Trinajstić information content (AvgIpc) is 2.86. The van der Waals surface area contributed by atoms with Crippen LogP contribution in [0, 0.1) is 10.1 Å². The van der Waals surface area contributed by atoms with E-state index in [9.17, 15) is 10.1 Å². The molecule has 0 saturated carbocycles. The zero-order chi connectivity index (χ0) is 11.7. The van der Waals surface area contributed by atoms with Crippen LogP contribution in [0.5, 0.6) is 0 Å². The summed E-state index contributed by atoms with van der Waals surface area (Å²) in [7, 11) is 0. The molecule has 2 rings (SSSR count). The predicted octanol–water partition coefficient (Wildman–Crippen LogP) is 2.33. The molecule has 1 unspecified atom stereocenters. The van der Waals surface area contributed by atoms with E-state index in [4.69, 9.17) is 10.2 Å². The van der Waals surface area contributed by atoms with Crippen molar-refractivity contribution in [3.63, 3.8) is 0 Å². The van der Waals surface area contributed by atoms with E-state index in [-0.39, 0.29) is 11.0 Å². The van der Waals surface area contributed by atoms with Crippen LogP contribution in [0.1, 0.15) is 18.9 Å². The normalized spacial score (nSPS) is 12.6. The lowest BCUT2D eigenvalue weighted by Crippen LogP contribution is -2.04. The summed E-state index contributed by atoms with van der Waals surface area (Å²) in [6.45, 7) is 1.76. The van der Waals surface area contributed by atoms with Gasteiger partial charge in [-0.05, 0) is 13.0 Å². The number of nitrogens with two attached hydrogens (primary N) is 1. The van der Waals surface area contributed by atoms with Crippen molar-refractivity contribution >= 4 is 16.3 Å². The molecule has 0 radical (unpaired) electrons. The van der Waals surface area contributed by atoms with Crippen molar-refractivity contribution in [2.24, 2.45) is 5.73 Å². The molecule has 2 aromatic heterocycles. The zero-order valence-electron chi connectivity index (χ0n) is 8.41. The second-order valence-electron chi connectivity index (χ2n) is 3.25. The van der Waals surface area contributed by atoms with Crippen molar-refractivity contribution < 1.29 is 9.34 Å². The SMILES string of the molecule is CC(N)c1ncc(-c2ccc([N+](=O)[O-])s2)o1. The molecule has 0 bridgehead atoms. The molecule has 16 heavy (non-hydrogen) atoms. The molecule has 2 aromatic rings. The van der Waals surface area contributed by atoms with Crippen molar-refractivity contribution in [2.75, 3.05) is 0 Å². The Morgan fingerprint density at radius 2 is 2.38 bits per heavy atom. The van der Waals surface area contributed by atoms with E-state index in [0.717, 1.165) is 11.3 Å². The maximum absolute atomic E-state index is 10.5. The first kappa shape index (κ1) is 10.8. The second kappa shape index (κ2) is 4.03. The highest BCUT2D eigenvalue weighted by molar-refractivity contribution is 7.18. The molecule has 0 aliphatic carbocycles. The van der Waals surface area contributed by atoms with E-state index in [1.807, 2.05) is 0 Å². The summed E-state index contributed by atoms with van der Waals surface area (Å²) >= 11 is 1.05. The highest BCUT2D eigenvalue weighted by atomic mass is 32.1. The fraction of sp³-hybridized carbons (Fsp3) is 0.222. The molecule has 0 aromatic carbocycles. The molecule has 84 valence electrons. The monoisotopic (exact) mass is 239 g/mol. The fourth-order valence-electron chi connectivity index (χ4n) is 1.17. The van der Waals surface area contributed by atoms with Crippen LogP contribution in [0.15, 0.2) is 22.7 Å². The topological polar surface area (TPSA) is 95.2 Å². The summed E-state index contributed by atoms with van der Waals surface area (Å²) in [5.74, 6) is 0.927. The van der Waals surface area contributed by atoms with E-state index in [1.165, 1.54) is 12.3 Å². The van der Waals surface area contributed by atoms with Crippen molar-refractivity contribution in [1.82, 2.24) is 4.98 Å². The van der Waals surface area contributed by atoms with Crippen molar-refractivity contribution in [2.45, 2.75) is 13.0 Å². The molecule has 1 atom stereocenters. The highest BCUT2D eigenvalue weighted by Gasteiger charge is 2.15. The Hall–Kier alpha value is -1.73. The molecule has 0 fully saturated rings. The Kier molecular flexibility index (Phi) is 2.71. The standard InChI is InChI=1S/C9H9N3O3S/c1-5(10)9-11-4-6(15-9)7-2-3-8(16-7)12(13)14/h2-5H,10H2,1H3. The quantitative estimate of drug-likeness (QED) is 0.655. The molecule has 0 aliphatic heterocycles. The van der Waals surface area contributed by atoms with Crippen molar-refractivity contribution in [3.05, 3.63) is 34.3 Å². The molecule has 7 heteroatoms. The third-order valence-electron chi connectivity index (χ3n) is 1.93. The summed E-state index contributed by atoms with van der Waals surface area (Å²) in [4.78, 5) is 14.7. The van der Waals surface area contributed by atoms with Crippen LogP contribution in [-0.4, -0.2) is 9.91 Å². The van der Waals surface area contributed by atoms with Crippen molar-refractivity contribution in [3.8, 4) is 10.6 Å². The summed E-state index contributed by atoms with van der Waals surface area (Å²) in [5, 5.41) is 10.6. The van der Waals surface area contributed by atoms with Gasteiger partial charge in [-0.2, -0.15) is 0 Å². The van der Waals surface area contributed by atoms with Gasteiger partial charge in [0.25, 0.3) is 0 Å². The Morgan fingerprint density at radius 1 is 1.62 bits per heavy atom. The summed E-state index contributed by atoms with van der Waals surface area (Å²) in [6, 6.07) is 2.78. The lowest BCUT2D eigenvalue weighted by molar-refractivity contribution is -0.380. The number of oxazole rings is 1. The van der Waals surface area contributed by atoms with E-state index in [0.29, 0.717) is 16.5 Å². The first-order valence-electron chi connectivity index (χ1n) is 4.54. The summed E-state index contributed by atoms with van der Waals surface area (Å²) < 4.78 is 5.38. The van der Waals surface area contributed by atoms with Crippen LogP contribution in [0.2, 0.25) is 0 Å². The van der Waals surface area contributed by atoms with Gasteiger partial charge in [-0.1, -0.05) is 11.3 Å². The van der Waals surface area contributed by atoms with Crippen LogP contribution < -0.4 is 5.73 Å². The number of nitro groups is 1. The maximum atomic E-state index is 10.5. The van der Waals surface area contributed by atoms with Gasteiger partial charge in [0.15, 0.2) is 5.76 Å². The van der Waals surface area contributed by atoms with Crippen molar-refractivity contribution in [1.29, 1.82) is 0 Å². The van der Waals surface area contributed by atoms with E-state index in [2.05, 4.69) is 4.98 Å². The van der Waals surface area contributed by atoms with E-state index in [1.54, 1.807) is 13.0 Å². The van der Waals surface area contributed by atoms with Gasteiger partial charge in [0, 0.05) is 6.07 Å². The van der Waals surface area contributed by atoms with Gasteiger partial charge in [-0.25, -0.2) is 4.98 Å². The summed E-state index contributed by atoms with van der Waals surface area (Å²) in [6.07, 6.45) is 1.52. The molecule has 0 spiro atoms. The largest absolute Gasteiger partial charge is 0.438 e. The number of aromatic nitrogens is 1. The molecule has 2 heterocycles. The minimum atomic E-state index is -0.434. The van der Waals surface area contributed by atoms with Crippen LogP contribution in [-0.2, 0) is 0 Å². The molecular weight excluding hydrogens is 230 g/mol. The second-order valence-corrected chi connectivity index (χ2v) is 4.31. The number of rotatable bonds is 3. The van der Waals surface area contributed by atoms with Crippen LogP contribution in [0.25, 0.3) is 10.6 Å². The van der Waals surface area contributed by atoms with Gasteiger partial charge in [0.1, 0.15) is 0 Å². The third-order valence-corrected chi connectivity index (χ3v) is 2.98. The molecule has 2 N–H and O–H groups in total. The Morgan fingerprint density at radius 3 is 2.88 bits per heavy atom. The van der Waals surface area contributed by atoms with Crippen LogP contribution >= 0.6 is 11.3 Å². The Balaban J connectivity index is 2.31. The van der Waals surface area contributed by atoms with Gasteiger partial charge in [0.2, 0.25) is 5.89 Å². The predicted molar refractivity (Wildman–Crippen MR) is 59.1 cm³/mol. The maximum Gasteiger partial charge on any atom is 0.324 e. The smallest absolute Gasteiger partial charge is 0.324 e. The molecule has 0 aliphatic rings. The fourth-order valence-corrected chi connectivity index (χ4v) is 1.94. The van der Waals surface area contributed by atoms with Gasteiger partial charge in [-0.3, -0.25) is 10.1 Å². The lowest BCUT2D eigenvalue weighted by atomic mass is 10.4. The first-order valence-corrected chi connectivity index (χ1v) is 5.35. The summed E-state index contributed by atoms with van der Waals surface area (Å²) in [5.41, 5.74) is 5.60. The first-order chi connectivity index (χ1) is 7.58. The molecular formula is C9H9N3O3S. The zero-order valence-corrected chi connectivity index (χ0v) is 9.23. The molecule has 0 amide bonds. The molecule has 6 nitrogen and oxygen atoms in total. The van der Waals surface area contributed by atoms with Gasteiger partial charge in [0.05, 0.1) is 22.0 Å². The van der Waals surface area contributed by atoms with Crippen LogP contribution in [0.3, 0.4) is 0 Å². The van der Waals surface area contributed by atoms with E-state index < -0.39 is 4.92 Å². The van der Waals surface area contributed by atoms with Gasteiger partial charge < -0.3 is 10.2 Å². The van der Waals surface area contributed by atoms with Crippen LogP contribution in [0.4, 0.5) is 5.00 Å². The average molecular weight is 239 g/mol. The van der Waals surface area contributed by atoms with Gasteiger partial charge in [-0.15, -0.1) is 0 Å². The number of nitrogens with zero attached hydrogens (tertiary/aromatic N) is 2. The Bertz CT molecular complexity index is 518. The highest BCUT2D eigenvalue weighted by Crippen LogP contribution is 2.33. The Labute approximate surface area is 94.9 Å². The number of thiophene rings is 1. The number of hydrogen-bond donors (Lipinski definition) is 1. The van der Waals surface area contributed by atoms with E-state index >= 15 is 0 Å². The third kappa shape index (κ3) is 1.95. The van der Waals surface area contributed by atoms with Gasteiger partial charge >= 0.3 is 5.00 Å². The minimum absolute atomic E-state index is 0.0775. The molecule has 0 saturated heterocycles.